The minimum atomic E-state index is -0.949. The van der Waals surface area contributed by atoms with Crippen LogP contribution >= 0.6 is 11.6 Å². The van der Waals surface area contributed by atoms with E-state index in [9.17, 15) is 4.79 Å². The first kappa shape index (κ1) is 14.0. The Balaban J connectivity index is 2.44. The molecule has 1 aliphatic rings. The van der Waals surface area contributed by atoms with Crippen LogP contribution in [0.5, 0.6) is 11.5 Å². The van der Waals surface area contributed by atoms with Crippen LogP contribution in [0, 0.1) is 6.92 Å². The minimum Gasteiger partial charge on any atom is -0.489 e. The summed E-state index contributed by atoms with van der Waals surface area (Å²) < 4.78 is 11.2. The fourth-order valence-corrected chi connectivity index (χ4v) is 2.38. The fourth-order valence-electron chi connectivity index (χ4n) is 2.12. The maximum atomic E-state index is 10.8. The Kier molecular flexibility index (Phi) is 4.17. The summed E-state index contributed by atoms with van der Waals surface area (Å²) in [4.78, 5) is 10.8. The second-order valence-corrected chi connectivity index (χ2v) is 4.89. The smallest absolute Gasteiger partial charge is 0.305 e. The molecule has 0 amide bonds. The van der Waals surface area contributed by atoms with Crippen molar-refractivity contribution < 1.29 is 19.4 Å². The zero-order valence-corrected chi connectivity index (χ0v) is 11.4. The molecule has 0 aliphatic carbocycles. The second-order valence-electron chi connectivity index (χ2n) is 4.49. The summed E-state index contributed by atoms with van der Waals surface area (Å²) >= 11 is 6.16. The Morgan fingerprint density at radius 1 is 1.47 bits per heavy atom. The highest BCUT2D eigenvalue weighted by molar-refractivity contribution is 6.32. The molecule has 6 heteroatoms. The summed E-state index contributed by atoms with van der Waals surface area (Å²) in [5.41, 5.74) is 7.37. The first-order valence-electron chi connectivity index (χ1n) is 6.06. The Morgan fingerprint density at radius 2 is 2.11 bits per heavy atom. The van der Waals surface area contributed by atoms with Crippen LogP contribution in [0.1, 0.15) is 30.0 Å². The van der Waals surface area contributed by atoms with Gasteiger partial charge in [0.1, 0.15) is 0 Å². The third-order valence-corrected chi connectivity index (χ3v) is 3.34. The fraction of sp³-hybridized carbons (Fsp3) is 0.462. The molecule has 104 valence electrons. The molecule has 1 aromatic carbocycles. The van der Waals surface area contributed by atoms with E-state index in [2.05, 4.69) is 0 Å². The van der Waals surface area contributed by atoms with E-state index in [1.165, 1.54) is 0 Å². The van der Waals surface area contributed by atoms with Crippen molar-refractivity contribution in [3.8, 4) is 11.5 Å². The van der Waals surface area contributed by atoms with Crippen molar-refractivity contribution in [1.82, 2.24) is 0 Å². The number of carbonyl (C=O) groups is 1. The van der Waals surface area contributed by atoms with E-state index in [1.54, 1.807) is 6.07 Å². The van der Waals surface area contributed by atoms with E-state index in [-0.39, 0.29) is 6.42 Å². The number of rotatable bonds is 3. The molecule has 19 heavy (non-hydrogen) atoms. The maximum Gasteiger partial charge on any atom is 0.305 e. The van der Waals surface area contributed by atoms with E-state index < -0.39 is 12.0 Å². The molecule has 0 aromatic heterocycles. The Morgan fingerprint density at radius 3 is 2.74 bits per heavy atom. The molecular weight excluding hydrogens is 270 g/mol. The van der Waals surface area contributed by atoms with E-state index >= 15 is 0 Å². The van der Waals surface area contributed by atoms with Gasteiger partial charge < -0.3 is 20.3 Å². The number of hydrogen-bond acceptors (Lipinski definition) is 4. The number of halogens is 1. The van der Waals surface area contributed by atoms with Crippen molar-refractivity contribution in [3.63, 3.8) is 0 Å². The minimum absolute atomic E-state index is 0.156. The Bertz CT molecular complexity index is 504. The van der Waals surface area contributed by atoms with E-state index in [0.717, 1.165) is 12.0 Å². The van der Waals surface area contributed by atoms with Gasteiger partial charge >= 0.3 is 5.97 Å². The van der Waals surface area contributed by atoms with Gasteiger partial charge in [-0.2, -0.15) is 0 Å². The average molecular weight is 286 g/mol. The van der Waals surface area contributed by atoms with Crippen LogP contribution in [0.2, 0.25) is 5.02 Å². The van der Waals surface area contributed by atoms with Gasteiger partial charge in [0.2, 0.25) is 0 Å². The molecule has 0 spiro atoms. The van der Waals surface area contributed by atoms with E-state index in [0.29, 0.717) is 35.3 Å². The van der Waals surface area contributed by atoms with Crippen LogP contribution in [0.4, 0.5) is 0 Å². The SMILES string of the molecule is Cc1c(C(N)CC(=O)O)cc(Cl)c2c1OCCCO2. The summed E-state index contributed by atoms with van der Waals surface area (Å²) in [7, 11) is 0. The molecule has 1 aromatic rings. The standard InChI is InChI=1S/C13H16ClNO4/c1-7-8(10(15)6-11(16)17)5-9(14)13-12(7)18-3-2-4-19-13/h5,10H,2-4,6,15H2,1H3,(H,16,17). The molecule has 5 nitrogen and oxygen atoms in total. The zero-order chi connectivity index (χ0) is 14.0. The van der Waals surface area contributed by atoms with Crippen molar-refractivity contribution in [2.45, 2.75) is 25.8 Å². The number of fused-ring (bicyclic) bond motifs is 1. The number of aliphatic carboxylic acids is 1. The third-order valence-electron chi connectivity index (χ3n) is 3.05. The highest BCUT2D eigenvalue weighted by atomic mass is 35.5. The number of benzene rings is 1. The lowest BCUT2D eigenvalue weighted by atomic mass is 9.98. The van der Waals surface area contributed by atoms with Crippen LogP contribution in [0.15, 0.2) is 6.07 Å². The van der Waals surface area contributed by atoms with Gasteiger partial charge in [-0.15, -0.1) is 0 Å². The lowest BCUT2D eigenvalue weighted by molar-refractivity contribution is -0.137. The molecule has 3 N–H and O–H groups in total. The molecular formula is C13H16ClNO4. The van der Waals surface area contributed by atoms with Crippen LogP contribution in [-0.2, 0) is 4.79 Å². The number of hydrogen-bond donors (Lipinski definition) is 2. The molecule has 0 radical (unpaired) electrons. The molecule has 0 bridgehead atoms. The van der Waals surface area contributed by atoms with Gasteiger partial charge in [0.25, 0.3) is 0 Å². The van der Waals surface area contributed by atoms with E-state index in [1.807, 2.05) is 6.92 Å². The topological polar surface area (TPSA) is 81.8 Å². The number of carboxylic acid groups (broad SMARTS) is 1. The molecule has 0 fully saturated rings. The van der Waals surface area contributed by atoms with Crippen molar-refractivity contribution in [2.75, 3.05) is 13.2 Å². The van der Waals surface area contributed by atoms with Crippen LogP contribution in [0.25, 0.3) is 0 Å². The van der Waals surface area contributed by atoms with Gasteiger partial charge in [0, 0.05) is 12.5 Å². The predicted octanol–water partition coefficient (Wildman–Crippen LogP) is 2.28. The largest absolute Gasteiger partial charge is 0.489 e. The second kappa shape index (κ2) is 5.67. The molecule has 0 saturated heterocycles. The first-order valence-corrected chi connectivity index (χ1v) is 6.44. The summed E-state index contributed by atoms with van der Waals surface area (Å²) in [5, 5.41) is 9.22. The summed E-state index contributed by atoms with van der Waals surface area (Å²) in [6, 6.07) is 1.05. The summed E-state index contributed by atoms with van der Waals surface area (Å²) in [6.07, 6.45) is 0.623. The van der Waals surface area contributed by atoms with Crippen LogP contribution in [0.3, 0.4) is 0 Å². The third kappa shape index (κ3) is 2.93. The summed E-state index contributed by atoms with van der Waals surface area (Å²) in [5.74, 6) is 0.138. The Labute approximate surface area is 116 Å². The van der Waals surface area contributed by atoms with Crippen molar-refractivity contribution in [3.05, 3.63) is 22.2 Å². The lowest BCUT2D eigenvalue weighted by Gasteiger charge is -2.19. The molecule has 1 atom stereocenters. The first-order chi connectivity index (χ1) is 9.00. The van der Waals surface area contributed by atoms with Crippen molar-refractivity contribution >= 4 is 17.6 Å². The zero-order valence-electron chi connectivity index (χ0n) is 10.6. The number of carboxylic acids is 1. The lowest BCUT2D eigenvalue weighted by Crippen LogP contribution is -2.16. The number of nitrogens with two attached hydrogens (primary N) is 1. The molecule has 2 rings (SSSR count). The van der Waals surface area contributed by atoms with Crippen molar-refractivity contribution in [2.24, 2.45) is 5.73 Å². The Hall–Kier alpha value is -1.46. The monoisotopic (exact) mass is 285 g/mol. The quantitative estimate of drug-likeness (QED) is 0.890. The average Bonchev–Trinajstić information content (AvgIpc) is 2.58. The van der Waals surface area contributed by atoms with Gasteiger partial charge in [0.05, 0.1) is 24.7 Å². The molecule has 1 heterocycles. The highest BCUT2D eigenvalue weighted by Crippen LogP contribution is 2.42. The van der Waals surface area contributed by atoms with Gasteiger partial charge in [0.15, 0.2) is 11.5 Å². The number of ether oxygens (including phenoxy) is 2. The van der Waals surface area contributed by atoms with Gasteiger partial charge in [-0.25, -0.2) is 0 Å². The molecule has 0 saturated carbocycles. The molecule has 1 unspecified atom stereocenters. The summed E-state index contributed by atoms with van der Waals surface area (Å²) in [6.45, 7) is 2.93. The van der Waals surface area contributed by atoms with Gasteiger partial charge in [-0.05, 0) is 24.1 Å². The molecule has 1 aliphatic heterocycles. The highest BCUT2D eigenvalue weighted by Gasteiger charge is 2.23. The van der Waals surface area contributed by atoms with Crippen molar-refractivity contribution in [1.29, 1.82) is 0 Å². The van der Waals surface area contributed by atoms with Crippen LogP contribution in [-0.4, -0.2) is 24.3 Å². The van der Waals surface area contributed by atoms with Crippen LogP contribution < -0.4 is 15.2 Å². The van der Waals surface area contributed by atoms with Gasteiger partial charge in [-0.1, -0.05) is 11.6 Å². The van der Waals surface area contributed by atoms with E-state index in [4.69, 9.17) is 31.9 Å². The maximum absolute atomic E-state index is 10.8. The van der Waals surface area contributed by atoms with Gasteiger partial charge in [-0.3, -0.25) is 4.79 Å². The normalized spacial score (nSPS) is 15.7. The predicted molar refractivity (Wildman–Crippen MR) is 71.0 cm³/mol.